The second kappa shape index (κ2) is 3.97. The van der Waals surface area contributed by atoms with Crippen LogP contribution in [0, 0.1) is 5.21 Å². The average molecular weight is 238 g/mol. The second-order valence-electron chi connectivity index (χ2n) is 3.15. The zero-order valence-electron chi connectivity index (χ0n) is 8.60. The third-order valence-electron chi connectivity index (χ3n) is 2.11. The fraction of sp³-hybridized carbons (Fsp3) is 0.200. The first kappa shape index (κ1) is 10.7. The Morgan fingerprint density at radius 3 is 3.12 bits per heavy atom. The minimum Gasteiger partial charge on any atom is -0.619 e. The number of carbonyl (C=O) groups excluding carboxylic acids is 1. The number of esters is 1. The van der Waals surface area contributed by atoms with Gasteiger partial charge in [0.1, 0.15) is 9.58 Å². The van der Waals surface area contributed by atoms with E-state index in [-0.39, 0.29) is 0 Å². The van der Waals surface area contributed by atoms with Gasteiger partial charge in [-0.05, 0) is 6.92 Å². The summed E-state index contributed by atoms with van der Waals surface area (Å²) in [4.78, 5) is 11.9. The van der Waals surface area contributed by atoms with Gasteiger partial charge in [-0.2, -0.15) is 4.73 Å². The topological polar surface area (TPSA) is 79.3 Å². The highest BCUT2D eigenvalue weighted by Gasteiger charge is 2.18. The molecule has 0 radical (unpaired) electrons. The summed E-state index contributed by atoms with van der Waals surface area (Å²) >= 11 is 1.17. The summed E-state index contributed by atoms with van der Waals surface area (Å²) in [7, 11) is 0. The highest BCUT2D eigenvalue weighted by atomic mass is 32.1. The van der Waals surface area contributed by atoms with Crippen LogP contribution in [0.3, 0.4) is 0 Å². The Balaban J connectivity index is 2.55. The summed E-state index contributed by atoms with van der Waals surface area (Å²) in [6.45, 7) is 2.03. The summed E-state index contributed by atoms with van der Waals surface area (Å²) < 4.78 is 6.23. The third-order valence-corrected chi connectivity index (χ3v) is 3.24. The molecule has 0 fully saturated rings. The first-order chi connectivity index (χ1) is 7.63. The number of nitrogens with two attached hydrogens (primary N) is 1. The molecule has 2 rings (SSSR count). The van der Waals surface area contributed by atoms with Crippen LogP contribution in [-0.2, 0) is 4.74 Å². The molecule has 0 aliphatic carbocycles. The predicted molar refractivity (Wildman–Crippen MR) is 61.2 cm³/mol. The molecule has 2 N–H and O–H groups in total. The second-order valence-corrected chi connectivity index (χ2v) is 4.20. The normalized spacial score (nSPS) is 10.6. The number of hydrogen-bond acceptors (Lipinski definition) is 5. The Morgan fingerprint density at radius 2 is 2.44 bits per heavy atom. The van der Waals surface area contributed by atoms with Crippen molar-refractivity contribution in [2.24, 2.45) is 0 Å². The zero-order valence-corrected chi connectivity index (χ0v) is 9.41. The van der Waals surface area contributed by atoms with E-state index in [1.54, 1.807) is 13.0 Å². The summed E-state index contributed by atoms with van der Waals surface area (Å²) in [5.74, 6) is -0.446. The number of hydrogen-bond donors (Lipinski definition) is 1. The van der Waals surface area contributed by atoms with Gasteiger partial charge in [0.25, 0.3) is 0 Å². The van der Waals surface area contributed by atoms with Gasteiger partial charge in [-0.25, -0.2) is 4.79 Å². The van der Waals surface area contributed by atoms with Crippen LogP contribution in [0.5, 0.6) is 0 Å². The van der Waals surface area contributed by atoms with E-state index in [1.807, 2.05) is 0 Å². The predicted octanol–water partition coefficient (Wildman–Crippen LogP) is 1.29. The molecule has 0 aromatic carbocycles. The summed E-state index contributed by atoms with van der Waals surface area (Å²) in [6.07, 6.45) is 2.74. The van der Waals surface area contributed by atoms with Crippen molar-refractivity contribution in [2.45, 2.75) is 6.92 Å². The van der Waals surface area contributed by atoms with Crippen LogP contribution in [0.2, 0.25) is 0 Å². The molecule has 2 aromatic heterocycles. The van der Waals surface area contributed by atoms with Gasteiger partial charge >= 0.3 is 5.97 Å². The number of aromatic nitrogens is 1. The van der Waals surface area contributed by atoms with Crippen molar-refractivity contribution in [3.05, 3.63) is 28.5 Å². The van der Waals surface area contributed by atoms with Gasteiger partial charge in [0.05, 0.1) is 12.3 Å². The fourth-order valence-corrected chi connectivity index (χ4v) is 2.42. The monoisotopic (exact) mass is 238 g/mol. The molecule has 0 atom stereocenters. The quantitative estimate of drug-likeness (QED) is 0.486. The van der Waals surface area contributed by atoms with Crippen molar-refractivity contribution >= 4 is 33.1 Å². The van der Waals surface area contributed by atoms with E-state index in [1.165, 1.54) is 23.7 Å². The lowest BCUT2D eigenvalue weighted by Crippen LogP contribution is -2.23. The van der Waals surface area contributed by atoms with E-state index < -0.39 is 5.97 Å². The van der Waals surface area contributed by atoms with Crippen LogP contribution in [0.15, 0.2) is 18.5 Å². The first-order valence-electron chi connectivity index (χ1n) is 4.71. The van der Waals surface area contributed by atoms with Crippen LogP contribution in [-0.4, -0.2) is 12.6 Å². The van der Waals surface area contributed by atoms with Gasteiger partial charge in [0, 0.05) is 11.5 Å². The molecule has 6 heteroatoms. The fourth-order valence-electron chi connectivity index (χ4n) is 1.40. The number of pyridine rings is 1. The Morgan fingerprint density at radius 1 is 1.69 bits per heavy atom. The van der Waals surface area contributed by atoms with Gasteiger partial charge in [0.15, 0.2) is 12.4 Å². The maximum Gasteiger partial charge on any atom is 0.350 e. The number of nitrogen functional groups attached to an aromatic ring is 1. The van der Waals surface area contributed by atoms with Gasteiger partial charge in [-0.1, -0.05) is 0 Å². The molecule has 2 aromatic rings. The third kappa shape index (κ3) is 1.67. The van der Waals surface area contributed by atoms with E-state index in [0.717, 1.165) is 0 Å². The molecule has 0 aliphatic heterocycles. The number of nitrogens with zero attached hydrogens (tertiary/aromatic N) is 1. The molecule has 5 nitrogen and oxygen atoms in total. The maximum absolute atomic E-state index is 11.5. The lowest BCUT2D eigenvalue weighted by Gasteiger charge is -1.98. The molecule has 0 spiro atoms. The molecule has 0 saturated heterocycles. The molecule has 0 bridgehead atoms. The Kier molecular flexibility index (Phi) is 2.66. The number of carbonyl (C=O) groups is 1. The van der Waals surface area contributed by atoms with Crippen molar-refractivity contribution in [3.63, 3.8) is 0 Å². The van der Waals surface area contributed by atoms with Gasteiger partial charge in [-0.15, -0.1) is 11.3 Å². The molecule has 84 valence electrons. The number of anilines is 1. The largest absolute Gasteiger partial charge is 0.619 e. The summed E-state index contributed by atoms with van der Waals surface area (Å²) in [6, 6.07) is 1.59. The van der Waals surface area contributed by atoms with Crippen LogP contribution in [0.1, 0.15) is 16.6 Å². The van der Waals surface area contributed by atoms with E-state index in [4.69, 9.17) is 10.5 Å². The molecule has 2 heterocycles. The minimum absolute atomic E-state index is 0.300. The number of ether oxygens (including phenoxy) is 1. The van der Waals surface area contributed by atoms with E-state index in [2.05, 4.69) is 0 Å². The number of rotatable bonds is 2. The Bertz CT molecular complexity index is 550. The first-order valence-corrected chi connectivity index (χ1v) is 5.53. The Hall–Kier alpha value is -1.82. The van der Waals surface area contributed by atoms with Gasteiger partial charge in [-0.3, -0.25) is 0 Å². The lowest BCUT2D eigenvalue weighted by molar-refractivity contribution is -0.603. The van der Waals surface area contributed by atoms with Gasteiger partial charge in [0.2, 0.25) is 0 Å². The molecular weight excluding hydrogens is 228 g/mol. The smallest absolute Gasteiger partial charge is 0.350 e. The standard InChI is InChI=1S/C10H10N2O3S/c1-2-15-10(13)9-8(11)6-3-4-12(14)5-7(6)16-9/h3-5H,2,11H2,1H3. The molecule has 0 aliphatic rings. The average Bonchev–Trinajstić information content (AvgIpc) is 2.56. The van der Waals surface area contributed by atoms with Crippen LogP contribution in [0.4, 0.5) is 5.69 Å². The molecule has 16 heavy (non-hydrogen) atoms. The SMILES string of the molecule is CCOC(=O)c1sc2c[n+]([O-])ccc2c1N. The van der Waals surface area contributed by atoms with Crippen molar-refractivity contribution in [2.75, 3.05) is 12.3 Å². The van der Waals surface area contributed by atoms with Crippen LogP contribution >= 0.6 is 11.3 Å². The maximum atomic E-state index is 11.5. The molecule has 0 unspecified atom stereocenters. The zero-order chi connectivity index (χ0) is 11.7. The molecule has 0 amide bonds. The molecule has 0 saturated carbocycles. The van der Waals surface area contributed by atoms with Crippen molar-refractivity contribution < 1.29 is 14.3 Å². The summed E-state index contributed by atoms with van der Waals surface area (Å²) in [5.41, 5.74) is 6.19. The van der Waals surface area contributed by atoms with Crippen molar-refractivity contribution in [1.29, 1.82) is 0 Å². The number of thiophene rings is 1. The van der Waals surface area contributed by atoms with Crippen LogP contribution < -0.4 is 10.5 Å². The van der Waals surface area contributed by atoms with Crippen molar-refractivity contribution in [3.8, 4) is 0 Å². The Labute approximate surface area is 95.6 Å². The lowest BCUT2D eigenvalue weighted by atomic mass is 10.2. The van der Waals surface area contributed by atoms with E-state index in [9.17, 15) is 10.0 Å². The molecular formula is C10H10N2O3S. The number of fused-ring (bicyclic) bond motifs is 1. The van der Waals surface area contributed by atoms with E-state index >= 15 is 0 Å². The van der Waals surface area contributed by atoms with E-state index in [0.29, 0.717) is 32.0 Å². The minimum atomic E-state index is -0.446. The van der Waals surface area contributed by atoms with Crippen molar-refractivity contribution in [1.82, 2.24) is 0 Å². The highest BCUT2D eigenvalue weighted by molar-refractivity contribution is 7.21. The van der Waals surface area contributed by atoms with Gasteiger partial charge < -0.3 is 15.7 Å². The highest BCUT2D eigenvalue weighted by Crippen LogP contribution is 2.32. The summed E-state index contributed by atoms with van der Waals surface area (Å²) in [5, 5.41) is 11.8. The van der Waals surface area contributed by atoms with Crippen LogP contribution in [0.25, 0.3) is 10.1 Å².